The van der Waals surface area contributed by atoms with Crippen molar-refractivity contribution >= 4 is 44.2 Å². The van der Waals surface area contributed by atoms with E-state index in [4.69, 9.17) is 16.3 Å². The molecule has 3 rings (SSSR count). The molecule has 0 saturated carbocycles. The van der Waals surface area contributed by atoms with Crippen LogP contribution in [0.3, 0.4) is 0 Å². The number of aromatic nitrogens is 1. The molecule has 0 fully saturated rings. The van der Waals surface area contributed by atoms with Gasteiger partial charge in [0, 0.05) is 18.1 Å². The van der Waals surface area contributed by atoms with Gasteiger partial charge in [-0.25, -0.2) is 9.37 Å². The van der Waals surface area contributed by atoms with Gasteiger partial charge in [0.2, 0.25) is 0 Å². The third-order valence-electron chi connectivity index (χ3n) is 4.22. The Morgan fingerprint density at radius 3 is 2.57 bits per heavy atom. The monoisotopic (exact) mass is 421 g/mol. The summed E-state index contributed by atoms with van der Waals surface area (Å²) >= 11 is 7.64. The van der Waals surface area contributed by atoms with Crippen LogP contribution in [0.1, 0.15) is 5.56 Å². The first-order chi connectivity index (χ1) is 13.3. The molecule has 0 saturated heterocycles. The standard InChI is InChI=1S/C20H21ClFN3O2S/c1-13-16(21)8-9-17-19(13)23-20(28-17)25(11-10-24(2)3)18(26)12-27-15-6-4-14(22)5-7-15/h4-9H,10-12H2,1-3H3. The predicted molar refractivity (Wildman–Crippen MR) is 112 cm³/mol. The highest BCUT2D eigenvalue weighted by Crippen LogP contribution is 2.33. The number of carbonyl (C=O) groups excluding carboxylic acids is 1. The number of hydrogen-bond donors (Lipinski definition) is 0. The van der Waals surface area contributed by atoms with Crippen LogP contribution in [-0.4, -0.2) is 49.6 Å². The van der Waals surface area contributed by atoms with Crippen molar-refractivity contribution in [2.45, 2.75) is 6.92 Å². The fraction of sp³-hybridized carbons (Fsp3) is 0.300. The molecule has 0 aliphatic heterocycles. The maximum Gasteiger partial charge on any atom is 0.266 e. The Bertz CT molecular complexity index is 975. The normalized spacial score (nSPS) is 11.2. The maximum absolute atomic E-state index is 13.0. The summed E-state index contributed by atoms with van der Waals surface area (Å²) in [7, 11) is 3.89. The number of rotatable bonds is 7. The lowest BCUT2D eigenvalue weighted by atomic mass is 10.2. The number of aryl methyl sites for hydroxylation is 1. The van der Waals surface area contributed by atoms with Crippen LogP contribution in [0, 0.1) is 12.7 Å². The van der Waals surface area contributed by atoms with Gasteiger partial charge in [0.1, 0.15) is 11.6 Å². The average molecular weight is 422 g/mol. The zero-order chi connectivity index (χ0) is 20.3. The number of hydrogen-bond acceptors (Lipinski definition) is 5. The van der Waals surface area contributed by atoms with Crippen molar-refractivity contribution in [3.8, 4) is 5.75 Å². The predicted octanol–water partition coefficient (Wildman–Crippen LogP) is 4.37. The number of fused-ring (bicyclic) bond motifs is 1. The molecule has 2 aromatic carbocycles. The summed E-state index contributed by atoms with van der Waals surface area (Å²) in [5.74, 6) is -0.127. The highest BCUT2D eigenvalue weighted by molar-refractivity contribution is 7.22. The zero-order valence-electron chi connectivity index (χ0n) is 15.9. The van der Waals surface area contributed by atoms with E-state index >= 15 is 0 Å². The summed E-state index contributed by atoms with van der Waals surface area (Å²) in [5, 5.41) is 1.25. The molecule has 5 nitrogen and oxygen atoms in total. The van der Waals surface area contributed by atoms with Crippen LogP contribution in [0.2, 0.25) is 5.02 Å². The SMILES string of the molecule is Cc1c(Cl)ccc2sc(N(CCN(C)C)C(=O)COc3ccc(F)cc3)nc12. The molecule has 0 unspecified atom stereocenters. The van der Waals surface area contributed by atoms with Crippen LogP contribution in [0.5, 0.6) is 5.75 Å². The molecule has 28 heavy (non-hydrogen) atoms. The lowest BCUT2D eigenvalue weighted by Crippen LogP contribution is -2.39. The summed E-state index contributed by atoms with van der Waals surface area (Å²) in [4.78, 5) is 21.2. The number of thiazole rings is 1. The lowest BCUT2D eigenvalue weighted by Gasteiger charge is -2.22. The van der Waals surface area contributed by atoms with E-state index in [0.717, 1.165) is 15.8 Å². The van der Waals surface area contributed by atoms with E-state index in [1.54, 1.807) is 4.90 Å². The van der Waals surface area contributed by atoms with Crippen molar-refractivity contribution in [1.82, 2.24) is 9.88 Å². The van der Waals surface area contributed by atoms with Crippen LogP contribution in [0.25, 0.3) is 10.2 Å². The fourth-order valence-electron chi connectivity index (χ4n) is 2.59. The van der Waals surface area contributed by atoms with Gasteiger partial charge >= 0.3 is 0 Å². The molecule has 1 aromatic heterocycles. The van der Waals surface area contributed by atoms with Gasteiger partial charge in [-0.15, -0.1) is 0 Å². The second-order valence-electron chi connectivity index (χ2n) is 6.61. The van der Waals surface area contributed by atoms with E-state index in [9.17, 15) is 9.18 Å². The Kier molecular flexibility index (Phi) is 6.49. The van der Waals surface area contributed by atoms with Crippen molar-refractivity contribution in [2.75, 3.05) is 38.7 Å². The molecular formula is C20H21ClFN3O2S. The molecule has 0 radical (unpaired) electrons. The summed E-state index contributed by atoms with van der Waals surface area (Å²) < 4.78 is 19.5. The van der Waals surface area contributed by atoms with Crippen LogP contribution >= 0.6 is 22.9 Å². The first-order valence-corrected chi connectivity index (χ1v) is 9.93. The number of ether oxygens (including phenoxy) is 1. The van der Waals surface area contributed by atoms with Gasteiger partial charge in [0.25, 0.3) is 5.91 Å². The van der Waals surface area contributed by atoms with Gasteiger partial charge in [-0.1, -0.05) is 22.9 Å². The maximum atomic E-state index is 13.0. The van der Waals surface area contributed by atoms with Crippen LogP contribution in [0.15, 0.2) is 36.4 Å². The van der Waals surface area contributed by atoms with Crippen LogP contribution in [-0.2, 0) is 4.79 Å². The van der Waals surface area contributed by atoms with E-state index in [2.05, 4.69) is 4.98 Å². The minimum absolute atomic E-state index is 0.158. The van der Waals surface area contributed by atoms with Gasteiger partial charge in [-0.2, -0.15) is 0 Å². The number of carbonyl (C=O) groups is 1. The van der Waals surface area contributed by atoms with E-state index in [1.807, 2.05) is 38.1 Å². The minimum Gasteiger partial charge on any atom is -0.484 e. The van der Waals surface area contributed by atoms with E-state index in [0.29, 0.717) is 29.0 Å². The zero-order valence-corrected chi connectivity index (χ0v) is 17.5. The van der Waals surface area contributed by atoms with Crippen molar-refractivity contribution < 1.29 is 13.9 Å². The van der Waals surface area contributed by atoms with Gasteiger partial charge < -0.3 is 9.64 Å². The largest absolute Gasteiger partial charge is 0.484 e. The molecule has 0 atom stereocenters. The Labute approximate surface area is 172 Å². The molecule has 148 valence electrons. The number of amides is 1. The van der Waals surface area contributed by atoms with Crippen molar-refractivity contribution in [1.29, 1.82) is 0 Å². The highest BCUT2D eigenvalue weighted by atomic mass is 35.5. The molecule has 0 aliphatic carbocycles. The summed E-state index contributed by atoms with van der Waals surface area (Å²) in [6.45, 7) is 2.91. The topological polar surface area (TPSA) is 45.7 Å². The number of halogens is 2. The third kappa shape index (κ3) is 4.79. The molecular weight excluding hydrogens is 401 g/mol. The second kappa shape index (κ2) is 8.86. The van der Waals surface area contributed by atoms with E-state index in [1.165, 1.54) is 35.6 Å². The quantitative estimate of drug-likeness (QED) is 0.568. The Morgan fingerprint density at radius 2 is 1.89 bits per heavy atom. The number of anilines is 1. The van der Waals surface area contributed by atoms with Crippen LogP contribution < -0.4 is 9.64 Å². The number of benzene rings is 2. The smallest absolute Gasteiger partial charge is 0.266 e. The number of nitrogens with zero attached hydrogens (tertiary/aromatic N) is 3. The van der Waals surface area contributed by atoms with Gasteiger partial charge in [-0.05, 0) is 63.0 Å². The van der Waals surface area contributed by atoms with Gasteiger partial charge in [-0.3, -0.25) is 9.69 Å². The summed E-state index contributed by atoms with van der Waals surface area (Å²) in [6.07, 6.45) is 0. The first-order valence-electron chi connectivity index (χ1n) is 8.74. The minimum atomic E-state index is -0.352. The van der Waals surface area contributed by atoms with E-state index in [-0.39, 0.29) is 18.3 Å². The van der Waals surface area contributed by atoms with Crippen LogP contribution in [0.4, 0.5) is 9.52 Å². The molecule has 1 heterocycles. The molecule has 3 aromatic rings. The fourth-order valence-corrected chi connectivity index (χ4v) is 3.81. The molecule has 0 spiro atoms. The lowest BCUT2D eigenvalue weighted by molar-refractivity contribution is -0.120. The van der Waals surface area contributed by atoms with Gasteiger partial charge in [0.05, 0.1) is 10.2 Å². The third-order valence-corrected chi connectivity index (χ3v) is 5.67. The molecule has 0 N–H and O–H groups in total. The number of likely N-dealkylation sites (N-methyl/N-ethyl adjacent to an activating group) is 1. The van der Waals surface area contributed by atoms with E-state index < -0.39 is 0 Å². The Morgan fingerprint density at radius 1 is 1.18 bits per heavy atom. The average Bonchev–Trinajstić information content (AvgIpc) is 3.09. The Balaban J connectivity index is 1.82. The summed E-state index contributed by atoms with van der Waals surface area (Å²) in [6, 6.07) is 9.33. The highest BCUT2D eigenvalue weighted by Gasteiger charge is 2.21. The van der Waals surface area contributed by atoms with Crippen molar-refractivity contribution in [3.05, 3.63) is 52.8 Å². The molecule has 0 aliphatic rings. The molecule has 1 amide bonds. The van der Waals surface area contributed by atoms with Gasteiger partial charge in [0.15, 0.2) is 11.7 Å². The summed E-state index contributed by atoms with van der Waals surface area (Å²) in [5.41, 5.74) is 1.69. The second-order valence-corrected chi connectivity index (χ2v) is 8.02. The molecule has 8 heteroatoms. The first kappa shape index (κ1) is 20.5. The van der Waals surface area contributed by atoms with Crippen molar-refractivity contribution in [2.24, 2.45) is 0 Å². The Hall–Kier alpha value is -2.22. The van der Waals surface area contributed by atoms with Crippen molar-refractivity contribution in [3.63, 3.8) is 0 Å². The molecule has 0 bridgehead atoms.